The molecule has 0 fully saturated rings. The van der Waals surface area contributed by atoms with Crippen molar-refractivity contribution in [3.05, 3.63) is 150 Å². The van der Waals surface area contributed by atoms with Crippen molar-refractivity contribution < 1.29 is 147 Å². The molecule has 0 saturated heterocycles. The van der Waals surface area contributed by atoms with E-state index in [-0.39, 0.29) is 94.2 Å². The molecule has 5 rings (SSSR count). The van der Waals surface area contributed by atoms with Gasteiger partial charge in [-0.2, -0.15) is 4.90 Å². The molecule has 59 heavy (non-hydrogen) atoms. The van der Waals surface area contributed by atoms with E-state index >= 15 is 0 Å². The molecule has 0 aliphatic heterocycles. The summed E-state index contributed by atoms with van der Waals surface area (Å²) in [5.74, 6) is 0. The Morgan fingerprint density at radius 3 is 0.983 bits per heavy atom. The molecule has 0 N–H and O–H groups in total. The molecule has 0 radical (unpaired) electrons. The summed E-state index contributed by atoms with van der Waals surface area (Å²) in [5, 5.41) is 5.53. The Labute approximate surface area is 420 Å². The van der Waals surface area contributed by atoms with Gasteiger partial charge in [-0.1, -0.05) is 154 Å². The Hall–Kier alpha value is -0.435. The average Bonchev–Trinajstić information content (AvgIpc) is 3.12. The van der Waals surface area contributed by atoms with Crippen LogP contribution in [0, 0.1) is 20.5 Å². The normalized spacial score (nSPS) is 11.3. The maximum Gasteiger partial charge on any atom is 2.00 e. The number of nitrogens with zero attached hydrogens (tertiary/aromatic N) is 2. The first-order valence-corrected chi connectivity index (χ1v) is 22.7. The second kappa shape index (κ2) is 30.6. The van der Waals surface area contributed by atoms with E-state index in [0.29, 0.717) is 0 Å². The number of hydrogen-bond acceptors (Lipinski definition) is 11. The second-order valence-electron chi connectivity index (χ2n) is 12.7. The Morgan fingerprint density at radius 1 is 0.525 bits per heavy atom. The summed E-state index contributed by atoms with van der Waals surface area (Å²) in [5.41, 5.74) is 3.22. The van der Waals surface area contributed by atoms with E-state index in [2.05, 4.69) is 154 Å². The van der Waals surface area contributed by atoms with Crippen LogP contribution >= 0.6 is 15.8 Å². The summed E-state index contributed by atoms with van der Waals surface area (Å²) in [6.07, 6.45) is 5.96. The van der Waals surface area contributed by atoms with Gasteiger partial charge in [0.1, 0.15) is 0 Å². The molecule has 0 spiro atoms. The van der Waals surface area contributed by atoms with Gasteiger partial charge < -0.3 is 60.6 Å². The third kappa shape index (κ3) is 25.5. The molecule has 0 unspecified atom stereocenters. The minimum Gasteiger partial charge on any atom is -1.00 e. The van der Waals surface area contributed by atoms with Gasteiger partial charge >= 0.3 is 20.4 Å². The zero-order valence-corrected chi connectivity index (χ0v) is 43.3. The number of halogens is 4. The quantitative estimate of drug-likeness (QED) is 0.0382. The molecule has 0 amide bonds. The van der Waals surface area contributed by atoms with Gasteiger partial charge in [0.15, 0.2) is 0 Å². The minimum absolute atomic E-state index is 0. The maximum atomic E-state index is 8.49. The molecule has 0 saturated carbocycles. The SMILES string of the molecule is CC(C)(C)c1cc(C=NCCP(c2ccccc2)c2ccccc2)c([S-])c(C=NCCP(c2ccccc2)c2ccccc2)c1.[I-].[I-].[O-][Cl+3]([O-])([O-])[O-].[O-][Cl+3]([O-])([O-])[O-].[Pd+2].[Pd]. The Bertz CT molecular complexity index is 1720. The van der Waals surface area contributed by atoms with Crippen LogP contribution < -0.4 is 106 Å². The molecule has 0 aliphatic rings. The number of hydrogen-bond donors (Lipinski definition) is 0. The number of rotatable bonds is 12. The van der Waals surface area contributed by atoms with Crippen molar-refractivity contribution in [3.63, 3.8) is 0 Å². The summed E-state index contributed by atoms with van der Waals surface area (Å²) in [6.45, 7) is 8.22. The van der Waals surface area contributed by atoms with Crippen LogP contribution in [0.3, 0.4) is 0 Å². The zero-order chi connectivity index (χ0) is 40.5. The first-order valence-electron chi connectivity index (χ1n) is 16.7. The fraction of sp³-hybridized carbons (Fsp3) is 0.200. The van der Waals surface area contributed by atoms with E-state index in [1.807, 2.05) is 12.4 Å². The molecule has 19 heteroatoms. The van der Waals surface area contributed by atoms with Crippen molar-refractivity contribution in [1.82, 2.24) is 0 Å². The van der Waals surface area contributed by atoms with Gasteiger partial charge in [-0.25, -0.2) is 37.3 Å². The van der Waals surface area contributed by atoms with Crippen molar-refractivity contribution in [3.8, 4) is 0 Å². The molecular weight excluding hydrogens is 1270 g/mol. The molecule has 10 nitrogen and oxygen atoms in total. The van der Waals surface area contributed by atoms with Crippen LogP contribution in [0.25, 0.3) is 0 Å². The van der Waals surface area contributed by atoms with Crippen LogP contribution in [0.1, 0.15) is 37.5 Å². The van der Waals surface area contributed by atoms with Gasteiger partial charge in [0.05, 0.1) is 0 Å². The summed E-state index contributed by atoms with van der Waals surface area (Å²) in [4.78, 5) is 10.7. The molecule has 0 bridgehead atoms. The fourth-order valence-electron chi connectivity index (χ4n) is 5.19. The van der Waals surface area contributed by atoms with Crippen LogP contribution in [0.5, 0.6) is 0 Å². The monoisotopic (exact) mass is 1310 g/mol. The summed E-state index contributed by atoms with van der Waals surface area (Å²) >= 11 is 6.01. The van der Waals surface area contributed by atoms with Gasteiger partial charge in [-0.05, 0) is 71.5 Å². The maximum absolute atomic E-state index is 8.49. The fourth-order valence-corrected chi connectivity index (χ4v) is 9.80. The molecule has 0 heterocycles. The predicted octanol–water partition coefficient (Wildman–Crippen LogP) is -7.52. The Balaban J connectivity index is 0. The Kier molecular flexibility index (Phi) is 31.5. The van der Waals surface area contributed by atoms with Gasteiger partial charge in [0.2, 0.25) is 0 Å². The minimum atomic E-state index is -4.94. The van der Waals surface area contributed by atoms with E-state index in [1.54, 1.807) is 0 Å². The van der Waals surface area contributed by atoms with Crippen LogP contribution in [-0.2, 0) is 58.9 Å². The first-order chi connectivity index (χ1) is 25.9. The third-order valence-corrected chi connectivity index (χ3v) is 13.1. The zero-order valence-electron chi connectivity index (χ0n) is 31.8. The van der Waals surface area contributed by atoms with Crippen molar-refractivity contribution in [2.75, 3.05) is 25.4 Å². The average molecular weight is 1310 g/mol. The standard InChI is InChI=1S/C40H42N2P2S.2ClHO4.2HI.2Pd/c1-40(2,3)34-28-32(30-41-24-26-43(35-16-8-4-9-17-35)36-18-10-5-11-19-36)39(45)33(29-34)31-42-25-27-44(37-20-12-6-13-21-37)38-22-14-7-15-23-38;2*2-1(3,4)5;;;;/h4-23,28-31,45H,24-27H2,1-3H3;2*(H,2,3,4,5);2*1H;;/q;;;;;;+2/p-5. The number of aliphatic imine (C=N–C) groups is 2. The molecule has 0 aliphatic carbocycles. The predicted molar refractivity (Wildman–Crippen MR) is 204 cm³/mol. The van der Waals surface area contributed by atoms with Gasteiger partial charge in [-0.3, -0.25) is 9.98 Å². The number of benzene rings is 5. The summed E-state index contributed by atoms with van der Waals surface area (Å²) in [7, 11) is -10.8. The van der Waals surface area contributed by atoms with Crippen molar-refractivity contribution in [2.24, 2.45) is 9.98 Å². The van der Waals surface area contributed by atoms with Gasteiger partial charge in [0.25, 0.3) is 0 Å². The van der Waals surface area contributed by atoms with E-state index < -0.39 is 36.3 Å². The molecule has 0 aromatic heterocycles. The van der Waals surface area contributed by atoms with Crippen molar-refractivity contribution >= 4 is 62.1 Å². The smallest absolute Gasteiger partial charge is 1.00 e. The van der Waals surface area contributed by atoms with Crippen molar-refractivity contribution in [1.29, 1.82) is 0 Å². The third-order valence-electron chi connectivity index (χ3n) is 7.65. The van der Waals surface area contributed by atoms with E-state index in [9.17, 15) is 0 Å². The van der Waals surface area contributed by atoms with Crippen LogP contribution in [-0.4, -0.2) is 37.8 Å². The molecule has 326 valence electrons. The first kappa shape index (κ1) is 60.7. The summed E-state index contributed by atoms with van der Waals surface area (Å²) in [6, 6.07) is 47.7. The Morgan fingerprint density at radius 2 is 0.763 bits per heavy atom. The van der Waals surface area contributed by atoms with Gasteiger partial charge in [0, 0.05) is 45.9 Å². The topological polar surface area (TPSA) is 209 Å². The molecular formula is C40H41Cl2I2N2O8P2Pd2S-3. The van der Waals surface area contributed by atoms with E-state index in [1.165, 1.54) is 26.8 Å². The molecule has 5 aromatic carbocycles. The van der Waals surface area contributed by atoms with Crippen molar-refractivity contribution in [2.45, 2.75) is 31.1 Å². The van der Waals surface area contributed by atoms with E-state index in [0.717, 1.165) is 41.4 Å². The van der Waals surface area contributed by atoms with Crippen LogP contribution in [0.15, 0.2) is 148 Å². The molecule has 0 atom stereocenters. The largest absolute Gasteiger partial charge is 2.00 e. The molecule has 5 aromatic rings. The van der Waals surface area contributed by atoms with Crippen LogP contribution in [0.2, 0.25) is 0 Å². The van der Waals surface area contributed by atoms with Crippen LogP contribution in [0.4, 0.5) is 0 Å². The summed E-state index contributed by atoms with van der Waals surface area (Å²) < 4.78 is 67.9. The second-order valence-corrected chi connectivity index (χ2v) is 19.3. The van der Waals surface area contributed by atoms with Gasteiger partial charge in [-0.15, -0.1) is 20.5 Å². The van der Waals surface area contributed by atoms with E-state index in [4.69, 9.17) is 59.9 Å².